The van der Waals surface area contributed by atoms with Crippen molar-refractivity contribution >= 4 is 34.2 Å². The molecule has 2 atom stereocenters. The Balaban J connectivity index is 1.89. The fraction of sp³-hybridized carbons (Fsp3) is 0.278. The first-order valence-electron chi connectivity index (χ1n) is 7.73. The van der Waals surface area contributed by atoms with E-state index in [0.717, 1.165) is 11.1 Å². The smallest absolute Gasteiger partial charge is 0.341 e. The van der Waals surface area contributed by atoms with Crippen molar-refractivity contribution in [2.45, 2.75) is 13.3 Å². The highest BCUT2D eigenvalue weighted by molar-refractivity contribution is 7.15. The van der Waals surface area contributed by atoms with E-state index in [1.54, 1.807) is 5.38 Å². The van der Waals surface area contributed by atoms with E-state index in [1.165, 1.54) is 18.4 Å². The summed E-state index contributed by atoms with van der Waals surface area (Å²) in [5, 5.41) is 13.8. The van der Waals surface area contributed by atoms with E-state index in [9.17, 15) is 14.4 Å². The number of ether oxygens (including phenoxy) is 1. The normalized spacial score (nSPS) is 18.5. The van der Waals surface area contributed by atoms with Gasteiger partial charge in [-0.25, -0.2) is 4.79 Å². The lowest BCUT2D eigenvalue weighted by atomic mass is 10.0. The van der Waals surface area contributed by atoms with Crippen molar-refractivity contribution < 1.29 is 24.2 Å². The van der Waals surface area contributed by atoms with Gasteiger partial charge in [0.2, 0.25) is 5.91 Å². The minimum atomic E-state index is -0.972. The number of thiophene rings is 1. The fourth-order valence-corrected chi connectivity index (χ4v) is 3.62. The van der Waals surface area contributed by atoms with Crippen LogP contribution in [0.3, 0.4) is 0 Å². The summed E-state index contributed by atoms with van der Waals surface area (Å²) in [7, 11) is 1.28. The minimum Gasteiger partial charge on any atom is -0.481 e. The zero-order valence-corrected chi connectivity index (χ0v) is 14.6. The number of benzene rings is 1. The molecule has 1 saturated carbocycles. The topological polar surface area (TPSA) is 92.7 Å². The molecule has 130 valence electrons. The second kappa shape index (κ2) is 6.68. The molecule has 3 rings (SSSR count). The second-order valence-corrected chi connectivity index (χ2v) is 6.87. The van der Waals surface area contributed by atoms with Crippen molar-refractivity contribution in [3.63, 3.8) is 0 Å². The number of hydrogen-bond donors (Lipinski definition) is 2. The molecule has 1 amide bonds. The van der Waals surface area contributed by atoms with Gasteiger partial charge in [-0.15, -0.1) is 11.3 Å². The molecule has 2 aromatic rings. The first kappa shape index (κ1) is 17.2. The summed E-state index contributed by atoms with van der Waals surface area (Å²) in [5.41, 5.74) is 2.91. The van der Waals surface area contributed by atoms with Gasteiger partial charge in [0, 0.05) is 10.9 Å². The minimum absolute atomic E-state index is 0.289. The monoisotopic (exact) mass is 359 g/mol. The molecule has 1 aromatic carbocycles. The lowest BCUT2D eigenvalue weighted by Gasteiger charge is -2.08. The van der Waals surface area contributed by atoms with Crippen LogP contribution in [0, 0.1) is 18.8 Å². The van der Waals surface area contributed by atoms with Crippen LogP contribution >= 0.6 is 11.3 Å². The summed E-state index contributed by atoms with van der Waals surface area (Å²) in [6.07, 6.45) is 0.324. The van der Waals surface area contributed by atoms with Gasteiger partial charge in [0.25, 0.3) is 0 Å². The first-order chi connectivity index (χ1) is 11.9. The summed E-state index contributed by atoms with van der Waals surface area (Å²) in [4.78, 5) is 35.4. The number of nitrogens with one attached hydrogen (secondary N) is 1. The molecule has 7 heteroatoms. The molecule has 1 aliphatic carbocycles. The Morgan fingerprint density at radius 3 is 2.44 bits per heavy atom. The average Bonchev–Trinajstić information content (AvgIpc) is 3.30. The number of aliphatic carboxylic acids is 1. The fourth-order valence-electron chi connectivity index (χ4n) is 2.66. The van der Waals surface area contributed by atoms with Crippen LogP contribution in [0.15, 0.2) is 29.6 Å². The third kappa shape index (κ3) is 3.41. The molecule has 1 heterocycles. The van der Waals surface area contributed by atoms with Crippen LogP contribution in [0.5, 0.6) is 0 Å². The second-order valence-electron chi connectivity index (χ2n) is 5.99. The Morgan fingerprint density at radius 2 is 1.88 bits per heavy atom. The van der Waals surface area contributed by atoms with Gasteiger partial charge in [-0.05, 0) is 18.9 Å². The van der Waals surface area contributed by atoms with Crippen molar-refractivity contribution in [3.8, 4) is 11.1 Å². The molecule has 2 unspecified atom stereocenters. The molecule has 25 heavy (non-hydrogen) atoms. The number of rotatable bonds is 5. The molecule has 0 spiro atoms. The Morgan fingerprint density at radius 1 is 1.20 bits per heavy atom. The zero-order valence-electron chi connectivity index (χ0n) is 13.7. The standard InChI is InChI=1S/C18H17NO5S/c1-9-3-5-10(6-4-9)13-8-25-16(14(13)18(23)24-2)19-15(20)11-7-12(11)17(21)22/h3-6,8,11-12H,7H2,1-2H3,(H,19,20)(H,21,22). The summed E-state index contributed by atoms with van der Waals surface area (Å²) < 4.78 is 4.86. The summed E-state index contributed by atoms with van der Waals surface area (Å²) in [6.45, 7) is 1.97. The van der Waals surface area contributed by atoms with Crippen molar-refractivity contribution in [2.75, 3.05) is 12.4 Å². The van der Waals surface area contributed by atoms with E-state index < -0.39 is 23.8 Å². The maximum Gasteiger partial charge on any atom is 0.341 e. The van der Waals surface area contributed by atoms with Crippen LogP contribution in [0.4, 0.5) is 5.00 Å². The SMILES string of the molecule is COC(=O)c1c(-c2ccc(C)cc2)csc1NC(=O)C1CC1C(=O)O. The maximum absolute atomic E-state index is 12.2. The number of aryl methyl sites for hydroxylation is 1. The van der Waals surface area contributed by atoms with Gasteiger partial charge >= 0.3 is 11.9 Å². The van der Waals surface area contributed by atoms with Crippen molar-refractivity contribution in [2.24, 2.45) is 11.8 Å². The summed E-state index contributed by atoms with van der Waals surface area (Å²) in [6, 6.07) is 7.68. The van der Waals surface area contributed by atoms with Gasteiger partial charge in [-0.2, -0.15) is 0 Å². The average molecular weight is 359 g/mol. The predicted octanol–water partition coefficient (Wildman–Crippen LogP) is 3.17. The van der Waals surface area contributed by atoms with Gasteiger partial charge in [0.15, 0.2) is 0 Å². The molecule has 6 nitrogen and oxygen atoms in total. The summed E-state index contributed by atoms with van der Waals surface area (Å²) in [5.74, 6) is -3.08. The molecule has 0 aliphatic heterocycles. The van der Waals surface area contributed by atoms with Gasteiger partial charge in [-0.3, -0.25) is 9.59 Å². The predicted molar refractivity (Wildman–Crippen MR) is 93.7 cm³/mol. The molecule has 1 fully saturated rings. The van der Waals surface area contributed by atoms with E-state index in [1.807, 2.05) is 31.2 Å². The van der Waals surface area contributed by atoms with E-state index in [0.29, 0.717) is 17.0 Å². The van der Waals surface area contributed by atoms with E-state index in [-0.39, 0.29) is 11.5 Å². The number of esters is 1. The summed E-state index contributed by atoms with van der Waals surface area (Å²) >= 11 is 1.22. The van der Waals surface area contributed by atoms with Crippen LogP contribution in [-0.2, 0) is 14.3 Å². The Labute approximate surface area is 148 Å². The Hall–Kier alpha value is -2.67. The highest BCUT2D eigenvalue weighted by Crippen LogP contribution is 2.41. The number of amides is 1. The van der Waals surface area contributed by atoms with E-state index >= 15 is 0 Å². The van der Waals surface area contributed by atoms with Gasteiger partial charge in [-0.1, -0.05) is 29.8 Å². The number of carbonyl (C=O) groups excluding carboxylic acids is 2. The highest BCUT2D eigenvalue weighted by atomic mass is 32.1. The molecule has 0 radical (unpaired) electrons. The zero-order chi connectivity index (χ0) is 18.1. The van der Waals surface area contributed by atoms with E-state index in [2.05, 4.69) is 5.32 Å². The molecule has 1 aliphatic rings. The third-order valence-corrected chi connectivity index (χ3v) is 5.12. The highest BCUT2D eigenvalue weighted by Gasteiger charge is 2.48. The number of anilines is 1. The number of hydrogen-bond acceptors (Lipinski definition) is 5. The molecular weight excluding hydrogens is 342 g/mol. The lowest BCUT2D eigenvalue weighted by Crippen LogP contribution is -2.18. The molecule has 0 bridgehead atoms. The van der Waals surface area contributed by atoms with Crippen molar-refractivity contribution in [1.82, 2.24) is 0 Å². The maximum atomic E-state index is 12.2. The molecule has 0 saturated heterocycles. The third-order valence-electron chi connectivity index (χ3n) is 4.22. The van der Waals surface area contributed by atoms with E-state index in [4.69, 9.17) is 9.84 Å². The quantitative estimate of drug-likeness (QED) is 0.800. The van der Waals surface area contributed by atoms with Gasteiger partial charge in [0.05, 0.1) is 18.9 Å². The van der Waals surface area contributed by atoms with Crippen LogP contribution in [0.2, 0.25) is 0 Å². The van der Waals surface area contributed by atoms with Crippen LogP contribution in [0.25, 0.3) is 11.1 Å². The number of carboxylic acids is 1. The van der Waals surface area contributed by atoms with Crippen molar-refractivity contribution in [1.29, 1.82) is 0 Å². The number of carboxylic acid groups (broad SMARTS) is 1. The lowest BCUT2D eigenvalue weighted by molar-refractivity contribution is -0.139. The van der Waals surface area contributed by atoms with Gasteiger partial charge < -0.3 is 15.2 Å². The van der Waals surface area contributed by atoms with Crippen LogP contribution < -0.4 is 5.32 Å². The number of carbonyl (C=O) groups is 3. The van der Waals surface area contributed by atoms with Crippen molar-refractivity contribution in [3.05, 3.63) is 40.8 Å². The Bertz CT molecular complexity index is 840. The molecule has 1 aromatic heterocycles. The molecule has 2 N–H and O–H groups in total. The van der Waals surface area contributed by atoms with Gasteiger partial charge in [0.1, 0.15) is 10.6 Å². The van der Waals surface area contributed by atoms with Crippen LogP contribution in [0.1, 0.15) is 22.3 Å². The number of methoxy groups -OCH3 is 1. The molecular formula is C18H17NO5S. The van der Waals surface area contributed by atoms with Crippen LogP contribution in [-0.4, -0.2) is 30.1 Å². The Kier molecular flexibility index (Phi) is 4.59. The first-order valence-corrected chi connectivity index (χ1v) is 8.61. The largest absolute Gasteiger partial charge is 0.481 e.